The number of nitrogens with zero attached hydrogens (tertiary/aromatic N) is 2. The third-order valence-corrected chi connectivity index (χ3v) is 2.63. The van der Waals surface area contributed by atoms with Gasteiger partial charge in [-0.15, -0.1) is 5.10 Å². The second kappa shape index (κ2) is 4.79. The van der Waals surface area contributed by atoms with Gasteiger partial charge in [0, 0.05) is 5.92 Å². The third-order valence-electron chi connectivity index (χ3n) is 2.63. The van der Waals surface area contributed by atoms with E-state index in [0.29, 0.717) is 12.8 Å². The predicted molar refractivity (Wildman–Crippen MR) is 56.5 cm³/mol. The Bertz CT molecular complexity index is 466. The summed E-state index contributed by atoms with van der Waals surface area (Å²) >= 11 is 0. The van der Waals surface area contributed by atoms with Crippen molar-refractivity contribution >= 4 is 11.9 Å². The maximum atomic E-state index is 12.2. The SMILES string of the molecule is O=C(Nc1n[nH]c(C(F)(F)F)n1)C1CC=CCC1. The number of carbonyl (C=O) groups is 1. The van der Waals surface area contributed by atoms with E-state index in [2.05, 4.69) is 15.4 Å². The number of rotatable bonds is 2. The number of carbonyl (C=O) groups excluding carboxylic acids is 1. The summed E-state index contributed by atoms with van der Waals surface area (Å²) in [6, 6.07) is 0. The molecule has 1 heterocycles. The lowest BCUT2D eigenvalue weighted by Crippen LogP contribution is -2.24. The topological polar surface area (TPSA) is 70.7 Å². The van der Waals surface area contributed by atoms with Crippen molar-refractivity contribution in [2.75, 3.05) is 5.32 Å². The van der Waals surface area contributed by atoms with Gasteiger partial charge in [0.15, 0.2) is 0 Å². The molecular weight excluding hydrogens is 249 g/mol. The van der Waals surface area contributed by atoms with Gasteiger partial charge in [0.2, 0.25) is 17.7 Å². The van der Waals surface area contributed by atoms with Crippen LogP contribution in [0.3, 0.4) is 0 Å². The van der Waals surface area contributed by atoms with Crippen LogP contribution in [0.4, 0.5) is 19.1 Å². The van der Waals surface area contributed by atoms with E-state index in [1.807, 2.05) is 12.2 Å². The van der Waals surface area contributed by atoms with Crippen molar-refractivity contribution in [2.24, 2.45) is 5.92 Å². The molecule has 0 aromatic carbocycles. The number of hydrogen-bond acceptors (Lipinski definition) is 3. The Morgan fingerprint density at radius 3 is 2.78 bits per heavy atom. The van der Waals surface area contributed by atoms with Gasteiger partial charge in [-0.1, -0.05) is 12.2 Å². The number of allylic oxidation sites excluding steroid dienone is 2. The molecule has 0 saturated heterocycles. The van der Waals surface area contributed by atoms with E-state index in [1.54, 1.807) is 5.10 Å². The van der Waals surface area contributed by atoms with Gasteiger partial charge in [-0.25, -0.2) is 0 Å². The average molecular weight is 260 g/mol. The summed E-state index contributed by atoms with van der Waals surface area (Å²) in [4.78, 5) is 14.9. The monoisotopic (exact) mass is 260 g/mol. The van der Waals surface area contributed by atoms with Crippen molar-refractivity contribution in [1.82, 2.24) is 15.2 Å². The number of nitrogens with one attached hydrogen (secondary N) is 2. The Balaban J connectivity index is 1.99. The number of alkyl halides is 3. The molecule has 0 saturated carbocycles. The lowest BCUT2D eigenvalue weighted by atomic mass is 9.94. The Hall–Kier alpha value is -1.86. The summed E-state index contributed by atoms with van der Waals surface area (Å²) in [6.07, 6.45) is 1.32. The molecule has 98 valence electrons. The van der Waals surface area contributed by atoms with Crippen molar-refractivity contribution in [1.29, 1.82) is 0 Å². The highest BCUT2D eigenvalue weighted by Gasteiger charge is 2.35. The first-order valence-corrected chi connectivity index (χ1v) is 5.42. The molecule has 1 aromatic heterocycles. The van der Waals surface area contributed by atoms with Crippen molar-refractivity contribution < 1.29 is 18.0 Å². The molecule has 5 nitrogen and oxygen atoms in total. The molecule has 8 heteroatoms. The van der Waals surface area contributed by atoms with E-state index in [0.717, 1.165) is 6.42 Å². The fourth-order valence-corrected chi connectivity index (χ4v) is 1.69. The molecule has 1 aromatic rings. The van der Waals surface area contributed by atoms with Crippen molar-refractivity contribution in [3.63, 3.8) is 0 Å². The Morgan fingerprint density at radius 2 is 2.22 bits per heavy atom. The summed E-state index contributed by atoms with van der Waals surface area (Å²) < 4.78 is 36.7. The number of aromatic amines is 1. The van der Waals surface area contributed by atoms with Crippen molar-refractivity contribution in [3.05, 3.63) is 18.0 Å². The molecule has 1 aliphatic rings. The number of halogens is 3. The van der Waals surface area contributed by atoms with Crippen LogP contribution in [0.15, 0.2) is 12.2 Å². The van der Waals surface area contributed by atoms with Crippen molar-refractivity contribution in [2.45, 2.75) is 25.4 Å². The van der Waals surface area contributed by atoms with Crippen LogP contribution in [0.5, 0.6) is 0 Å². The van der Waals surface area contributed by atoms with Gasteiger partial charge < -0.3 is 0 Å². The minimum Gasteiger partial charge on any atom is -0.293 e. The molecule has 1 amide bonds. The maximum Gasteiger partial charge on any atom is 0.451 e. The normalized spacial score (nSPS) is 19.8. The molecule has 0 radical (unpaired) electrons. The number of H-pyrrole nitrogens is 1. The third kappa shape index (κ3) is 2.88. The molecular formula is C10H11F3N4O. The zero-order valence-corrected chi connectivity index (χ0v) is 9.29. The van der Waals surface area contributed by atoms with Crippen molar-refractivity contribution in [3.8, 4) is 0 Å². The molecule has 18 heavy (non-hydrogen) atoms. The van der Waals surface area contributed by atoms with Gasteiger partial charge in [-0.2, -0.15) is 18.2 Å². The van der Waals surface area contributed by atoms with Crippen LogP contribution in [0.1, 0.15) is 25.1 Å². The Morgan fingerprint density at radius 1 is 1.44 bits per heavy atom. The second-order valence-electron chi connectivity index (χ2n) is 3.98. The van der Waals surface area contributed by atoms with Gasteiger partial charge in [-0.3, -0.25) is 15.2 Å². The minimum atomic E-state index is -4.59. The highest BCUT2D eigenvalue weighted by molar-refractivity contribution is 5.91. The fourth-order valence-electron chi connectivity index (χ4n) is 1.69. The largest absolute Gasteiger partial charge is 0.451 e. The van der Waals surface area contributed by atoms with E-state index in [-0.39, 0.29) is 17.8 Å². The molecule has 1 aliphatic carbocycles. The number of aromatic nitrogens is 3. The van der Waals surface area contributed by atoms with Crippen LogP contribution in [-0.4, -0.2) is 21.1 Å². The molecule has 0 spiro atoms. The predicted octanol–water partition coefficient (Wildman–Crippen LogP) is 2.12. The fraction of sp³-hybridized carbons (Fsp3) is 0.500. The Kier molecular flexibility index (Phi) is 3.35. The number of anilines is 1. The standard InChI is InChI=1S/C10H11F3N4O/c11-10(12,13)8-15-9(17-16-8)14-7(18)6-4-2-1-3-5-6/h1-2,6H,3-5H2,(H2,14,15,16,17,18). The molecule has 2 rings (SSSR count). The zero-order chi connectivity index (χ0) is 13.2. The van der Waals surface area contributed by atoms with Gasteiger partial charge in [-0.05, 0) is 19.3 Å². The van der Waals surface area contributed by atoms with E-state index < -0.39 is 12.0 Å². The lowest BCUT2D eigenvalue weighted by molar-refractivity contribution is -0.144. The van der Waals surface area contributed by atoms with Gasteiger partial charge in [0.25, 0.3) is 0 Å². The molecule has 1 atom stereocenters. The molecule has 2 N–H and O–H groups in total. The Labute approximate surface area is 100 Å². The van der Waals surface area contributed by atoms with E-state index in [1.165, 1.54) is 0 Å². The first-order chi connectivity index (χ1) is 8.47. The molecule has 0 aliphatic heterocycles. The average Bonchev–Trinajstić information content (AvgIpc) is 2.78. The van der Waals surface area contributed by atoms with Gasteiger partial charge >= 0.3 is 6.18 Å². The van der Waals surface area contributed by atoms with Crippen LogP contribution in [-0.2, 0) is 11.0 Å². The maximum absolute atomic E-state index is 12.2. The van der Waals surface area contributed by atoms with E-state index in [9.17, 15) is 18.0 Å². The lowest BCUT2D eigenvalue weighted by Gasteiger charge is -2.15. The van der Waals surface area contributed by atoms with Crippen LogP contribution in [0.2, 0.25) is 0 Å². The first kappa shape index (κ1) is 12.6. The highest BCUT2D eigenvalue weighted by atomic mass is 19.4. The second-order valence-corrected chi connectivity index (χ2v) is 3.98. The van der Waals surface area contributed by atoms with Gasteiger partial charge in [0.05, 0.1) is 0 Å². The highest BCUT2D eigenvalue weighted by Crippen LogP contribution is 2.26. The van der Waals surface area contributed by atoms with E-state index in [4.69, 9.17) is 0 Å². The minimum absolute atomic E-state index is 0.233. The van der Waals surface area contributed by atoms with Crippen LogP contribution in [0, 0.1) is 5.92 Å². The molecule has 0 bridgehead atoms. The number of hydrogen-bond donors (Lipinski definition) is 2. The zero-order valence-electron chi connectivity index (χ0n) is 9.29. The van der Waals surface area contributed by atoms with Crippen LogP contribution >= 0.6 is 0 Å². The summed E-state index contributed by atoms with van der Waals surface area (Å²) in [7, 11) is 0. The van der Waals surface area contributed by atoms with E-state index >= 15 is 0 Å². The first-order valence-electron chi connectivity index (χ1n) is 5.42. The molecule has 1 unspecified atom stereocenters. The van der Waals surface area contributed by atoms with Crippen LogP contribution in [0.25, 0.3) is 0 Å². The number of amides is 1. The summed E-state index contributed by atoms with van der Waals surface area (Å²) in [6.45, 7) is 0. The van der Waals surface area contributed by atoms with Gasteiger partial charge in [0.1, 0.15) is 0 Å². The summed E-state index contributed by atoms with van der Waals surface area (Å²) in [5.74, 6) is -2.15. The quantitative estimate of drug-likeness (QED) is 0.800. The van der Waals surface area contributed by atoms with Crippen LogP contribution < -0.4 is 5.32 Å². The summed E-state index contributed by atoms with van der Waals surface area (Å²) in [5, 5.41) is 7.33. The molecule has 0 fully saturated rings. The summed E-state index contributed by atoms with van der Waals surface area (Å²) in [5.41, 5.74) is 0. The smallest absolute Gasteiger partial charge is 0.293 e.